The first-order chi connectivity index (χ1) is 12.9. The molecule has 0 fully saturated rings. The van der Waals surface area contributed by atoms with Gasteiger partial charge in [0.15, 0.2) is 0 Å². The van der Waals surface area contributed by atoms with Gasteiger partial charge in [0.05, 0.1) is 18.0 Å². The molecule has 0 aliphatic rings. The quantitative estimate of drug-likeness (QED) is 0.401. The van der Waals surface area contributed by atoms with E-state index in [-0.39, 0.29) is 29.9 Å². The fourth-order valence-electron chi connectivity index (χ4n) is 2.12. The number of aliphatic imine (C=N–C) groups is 1. The first-order valence-corrected chi connectivity index (χ1v) is 9.55. The van der Waals surface area contributed by atoms with Crippen LogP contribution in [0.2, 0.25) is 0 Å². The highest BCUT2D eigenvalue weighted by atomic mass is 32.2. The summed E-state index contributed by atoms with van der Waals surface area (Å²) in [5.74, 6) is 2.20. The molecule has 3 N–H and O–H groups in total. The summed E-state index contributed by atoms with van der Waals surface area (Å²) in [6, 6.07) is 15.2. The topological polar surface area (TPSA) is 99.7 Å². The lowest BCUT2D eigenvalue weighted by Crippen LogP contribution is -2.41. The molecule has 27 heavy (non-hydrogen) atoms. The third kappa shape index (κ3) is 6.49. The number of carbonyl (C=O) groups excluding carboxylic acids is 1. The normalized spacial score (nSPS) is 11.3. The van der Waals surface area contributed by atoms with Crippen LogP contribution in [-0.2, 0) is 21.4 Å². The number of hydrogen-bond donors (Lipinski definition) is 3. The highest BCUT2D eigenvalue weighted by molar-refractivity contribution is 7.90. The summed E-state index contributed by atoms with van der Waals surface area (Å²) in [7, 11) is -3.86. The van der Waals surface area contributed by atoms with E-state index in [2.05, 4.69) is 26.3 Å². The van der Waals surface area contributed by atoms with E-state index >= 15 is 0 Å². The zero-order valence-corrected chi connectivity index (χ0v) is 15.6. The Morgan fingerprint density at radius 2 is 1.78 bits per heavy atom. The number of guanidine groups is 1. The summed E-state index contributed by atoms with van der Waals surface area (Å²) in [4.78, 5) is 15.3. The SMILES string of the molecule is C#CCNC(=NCc1ccccc1)NS(=O)(=O)c1ccc(NC(C)=O)cc1. The maximum absolute atomic E-state index is 12.6. The summed E-state index contributed by atoms with van der Waals surface area (Å²) in [5.41, 5.74) is 1.43. The molecule has 0 radical (unpaired) electrons. The Labute approximate surface area is 159 Å². The minimum absolute atomic E-state index is 0.0338. The van der Waals surface area contributed by atoms with Gasteiger partial charge in [-0.15, -0.1) is 6.42 Å². The number of nitrogens with one attached hydrogen (secondary N) is 3. The van der Waals surface area contributed by atoms with Crippen molar-refractivity contribution in [1.82, 2.24) is 10.0 Å². The van der Waals surface area contributed by atoms with Crippen LogP contribution in [0, 0.1) is 12.3 Å². The molecule has 0 aliphatic heterocycles. The van der Waals surface area contributed by atoms with Gasteiger partial charge in [0, 0.05) is 12.6 Å². The molecule has 140 valence electrons. The standard InChI is InChI=1S/C19H20N4O3S/c1-3-13-20-19(21-14-16-7-5-4-6-8-16)23-27(25,26)18-11-9-17(10-12-18)22-15(2)24/h1,4-12H,13-14H2,2H3,(H,22,24)(H2,20,21,23). The zero-order chi connectivity index (χ0) is 19.7. The second kappa shape index (κ2) is 9.40. The molecular weight excluding hydrogens is 364 g/mol. The first kappa shape index (κ1) is 20.0. The van der Waals surface area contributed by atoms with Crippen LogP contribution in [0.5, 0.6) is 0 Å². The third-order valence-electron chi connectivity index (χ3n) is 3.34. The van der Waals surface area contributed by atoms with Crippen LogP contribution < -0.4 is 15.4 Å². The molecule has 0 heterocycles. The molecule has 2 aromatic carbocycles. The Bertz CT molecular complexity index is 947. The lowest BCUT2D eigenvalue weighted by atomic mass is 10.2. The van der Waals surface area contributed by atoms with Crippen LogP contribution in [0.3, 0.4) is 0 Å². The molecule has 0 spiro atoms. The first-order valence-electron chi connectivity index (χ1n) is 8.07. The van der Waals surface area contributed by atoms with Gasteiger partial charge in [-0.05, 0) is 29.8 Å². The third-order valence-corrected chi connectivity index (χ3v) is 4.69. The number of carbonyl (C=O) groups is 1. The number of rotatable bonds is 6. The van der Waals surface area contributed by atoms with Crippen molar-refractivity contribution in [2.75, 3.05) is 11.9 Å². The van der Waals surface area contributed by atoms with Crippen LogP contribution in [0.4, 0.5) is 5.69 Å². The van der Waals surface area contributed by atoms with Crippen molar-refractivity contribution < 1.29 is 13.2 Å². The minimum atomic E-state index is -3.86. The second-order valence-corrected chi connectivity index (χ2v) is 7.20. The molecular formula is C19H20N4O3S. The van der Waals surface area contributed by atoms with E-state index < -0.39 is 10.0 Å². The number of nitrogens with zero attached hydrogens (tertiary/aromatic N) is 1. The molecule has 8 heteroatoms. The monoisotopic (exact) mass is 384 g/mol. The molecule has 7 nitrogen and oxygen atoms in total. The number of hydrogen-bond acceptors (Lipinski definition) is 4. The maximum Gasteiger partial charge on any atom is 0.264 e. The van der Waals surface area contributed by atoms with E-state index in [1.807, 2.05) is 30.3 Å². The molecule has 1 amide bonds. The molecule has 0 atom stereocenters. The van der Waals surface area contributed by atoms with Crippen molar-refractivity contribution in [1.29, 1.82) is 0 Å². The summed E-state index contributed by atoms with van der Waals surface area (Å²) in [5, 5.41) is 5.35. The van der Waals surface area contributed by atoms with Gasteiger partial charge in [-0.1, -0.05) is 36.3 Å². The number of amides is 1. The van der Waals surface area contributed by atoms with Gasteiger partial charge in [0.25, 0.3) is 10.0 Å². The average Bonchev–Trinajstić information content (AvgIpc) is 2.64. The smallest absolute Gasteiger partial charge is 0.264 e. The minimum Gasteiger partial charge on any atom is -0.345 e. The highest BCUT2D eigenvalue weighted by Gasteiger charge is 2.16. The van der Waals surface area contributed by atoms with Crippen LogP contribution in [0.15, 0.2) is 64.5 Å². The molecule has 0 aliphatic carbocycles. The number of anilines is 1. The van der Waals surface area contributed by atoms with Gasteiger partial charge in [0.1, 0.15) is 0 Å². The van der Waals surface area contributed by atoms with Gasteiger partial charge in [-0.2, -0.15) is 0 Å². The molecule has 2 rings (SSSR count). The Balaban J connectivity index is 2.16. The fraction of sp³-hybridized carbons (Fsp3) is 0.158. The van der Waals surface area contributed by atoms with E-state index in [0.29, 0.717) is 5.69 Å². The molecule has 0 aromatic heterocycles. The lowest BCUT2D eigenvalue weighted by Gasteiger charge is -2.12. The number of benzene rings is 2. The van der Waals surface area contributed by atoms with Crippen molar-refractivity contribution in [3.8, 4) is 12.3 Å². The van der Waals surface area contributed by atoms with E-state index in [1.165, 1.54) is 31.2 Å². The van der Waals surface area contributed by atoms with Crippen LogP contribution >= 0.6 is 0 Å². The van der Waals surface area contributed by atoms with Gasteiger partial charge in [-0.25, -0.2) is 18.1 Å². The average molecular weight is 384 g/mol. The van der Waals surface area contributed by atoms with Crippen LogP contribution in [0.25, 0.3) is 0 Å². The maximum atomic E-state index is 12.6. The molecule has 0 unspecified atom stereocenters. The number of sulfonamides is 1. The Morgan fingerprint density at radius 1 is 1.11 bits per heavy atom. The molecule has 0 bridgehead atoms. The van der Waals surface area contributed by atoms with Gasteiger partial charge < -0.3 is 10.6 Å². The van der Waals surface area contributed by atoms with Gasteiger partial charge in [0.2, 0.25) is 11.9 Å². The predicted octanol–water partition coefficient (Wildman–Crippen LogP) is 1.70. The highest BCUT2D eigenvalue weighted by Crippen LogP contribution is 2.14. The summed E-state index contributed by atoms with van der Waals surface area (Å²) in [6.07, 6.45) is 5.24. The Morgan fingerprint density at radius 3 is 2.37 bits per heavy atom. The lowest BCUT2D eigenvalue weighted by molar-refractivity contribution is -0.114. The summed E-state index contributed by atoms with van der Waals surface area (Å²) in [6.45, 7) is 1.79. The van der Waals surface area contributed by atoms with E-state index in [4.69, 9.17) is 6.42 Å². The Hall–Kier alpha value is -3.31. The van der Waals surface area contributed by atoms with Gasteiger partial charge in [-0.3, -0.25) is 4.79 Å². The fourth-order valence-corrected chi connectivity index (χ4v) is 3.12. The molecule has 0 saturated carbocycles. The zero-order valence-electron chi connectivity index (χ0n) is 14.8. The van der Waals surface area contributed by atoms with E-state index in [1.54, 1.807) is 0 Å². The Kier molecular flexibility index (Phi) is 6.97. The second-order valence-electron chi connectivity index (χ2n) is 5.52. The predicted molar refractivity (Wildman–Crippen MR) is 105 cm³/mol. The van der Waals surface area contributed by atoms with Crippen molar-refractivity contribution in [2.45, 2.75) is 18.4 Å². The molecule has 2 aromatic rings. The van der Waals surface area contributed by atoms with Crippen molar-refractivity contribution in [3.63, 3.8) is 0 Å². The number of terminal acetylenes is 1. The summed E-state index contributed by atoms with van der Waals surface area (Å²) >= 11 is 0. The van der Waals surface area contributed by atoms with E-state index in [9.17, 15) is 13.2 Å². The summed E-state index contributed by atoms with van der Waals surface area (Å²) < 4.78 is 27.6. The van der Waals surface area contributed by atoms with Crippen LogP contribution in [-0.4, -0.2) is 26.8 Å². The largest absolute Gasteiger partial charge is 0.345 e. The van der Waals surface area contributed by atoms with E-state index in [0.717, 1.165) is 5.56 Å². The molecule has 0 saturated heterocycles. The van der Waals surface area contributed by atoms with Gasteiger partial charge >= 0.3 is 0 Å². The van der Waals surface area contributed by atoms with Crippen molar-refractivity contribution >= 4 is 27.6 Å². The van der Waals surface area contributed by atoms with Crippen molar-refractivity contribution in [2.24, 2.45) is 4.99 Å². The van der Waals surface area contributed by atoms with Crippen LogP contribution in [0.1, 0.15) is 12.5 Å². The van der Waals surface area contributed by atoms with Crippen molar-refractivity contribution in [3.05, 3.63) is 60.2 Å².